The highest BCUT2D eigenvalue weighted by Gasteiger charge is 2.42. The zero-order valence-corrected chi connectivity index (χ0v) is 21.2. The van der Waals surface area contributed by atoms with Gasteiger partial charge in [0, 0.05) is 24.2 Å². The van der Waals surface area contributed by atoms with E-state index in [0.29, 0.717) is 23.6 Å². The zero-order valence-electron chi connectivity index (χ0n) is 21.2. The van der Waals surface area contributed by atoms with Gasteiger partial charge >= 0.3 is 12.1 Å². The Hall–Kier alpha value is -2.74. The zero-order chi connectivity index (χ0) is 25.1. The lowest BCUT2D eigenvalue weighted by Crippen LogP contribution is -2.57. The van der Waals surface area contributed by atoms with Crippen LogP contribution in [0.2, 0.25) is 0 Å². The van der Waals surface area contributed by atoms with Crippen LogP contribution >= 0.6 is 0 Å². The number of piperidine rings is 2. The Morgan fingerprint density at radius 1 is 0.889 bits per heavy atom. The molecule has 5 rings (SSSR count). The molecule has 3 atom stereocenters. The molecule has 0 radical (unpaired) electrons. The average Bonchev–Trinajstić information content (AvgIpc) is 2.83. The number of hydrogen-bond acceptors (Lipinski definition) is 7. The highest BCUT2D eigenvalue weighted by Crippen LogP contribution is 2.42. The quantitative estimate of drug-likeness (QED) is 0.415. The molecule has 3 fully saturated rings. The number of nitrogens with zero attached hydrogens (tertiary/aromatic N) is 3. The highest BCUT2D eigenvalue weighted by atomic mass is 16.7. The second kappa shape index (κ2) is 11.1. The Kier molecular flexibility index (Phi) is 7.70. The molecule has 1 aromatic heterocycles. The molecule has 194 valence electrons. The Balaban J connectivity index is 1.47. The van der Waals surface area contributed by atoms with Crippen molar-refractivity contribution in [1.29, 1.82) is 0 Å². The SMILES string of the molecule is CCOC(=O)OC(=O)c1nc2ccccc2n([C@H]2C[C@H]3CCC[C@@H](C2)N3C2CCCCCCC2)c1=O. The Labute approximate surface area is 212 Å². The van der Waals surface area contributed by atoms with E-state index in [1.54, 1.807) is 17.6 Å². The first kappa shape index (κ1) is 24.9. The lowest BCUT2D eigenvalue weighted by molar-refractivity contribution is -0.0247. The molecule has 3 aliphatic rings. The predicted molar refractivity (Wildman–Crippen MR) is 136 cm³/mol. The summed E-state index contributed by atoms with van der Waals surface area (Å²) in [4.78, 5) is 45.3. The summed E-state index contributed by atoms with van der Waals surface area (Å²) in [5.41, 5.74) is 0.401. The minimum Gasteiger partial charge on any atom is -0.434 e. The van der Waals surface area contributed by atoms with Gasteiger partial charge in [-0.1, -0.05) is 50.7 Å². The fourth-order valence-electron chi connectivity index (χ4n) is 6.85. The van der Waals surface area contributed by atoms with Crippen LogP contribution in [-0.2, 0) is 9.47 Å². The van der Waals surface area contributed by atoms with Crippen LogP contribution in [0.1, 0.15) is 101 Å². The lowest BCUT2D eigenvalue weighted by atomic mass is 9.79. The van der Waals surface area contributed by atoms with Gasteiger partial charge in [-0.25, -0.2) is 14.6 Å². The molecule has 2 aromatic rings. The summed E-state index contributed by atoms with van der Waals surface area (Å²) in [6, 6.07) is 8.90. The minimum atomic E-state index is -1.12. The lowest BCUT2D eigenvalue weighted by Gasteiger charge is -2.53. The third kappa shape index (κ3) is 5.05. The number of aromatic nitrogens is 2. The summed E-state index contributed by atoms with van der Waals surface area (Å²) in [7, 11) is 0. The molecule has 0 unspecified atom stereocenters. The number of benzene rings is 1. The Morgan fingerprint density at radius 3 is 2.22 bits per heavy atom. The summed E-state index contributed by atoms with van der Waals surface area (Å²) in [6.45, 7) is 1.69. The predicted octanol–water partition coefficient (Wildman–Crippen LogP) is 5.38. The van der Waals surface area contributed by atoms with Crippen LogP contribution in [0.15, 0.2) is 29.1 Å². The van der Waals surface area contributed by atoms with Crippen LogP contribution < -0.4 is 5.56 Å². The van der Waals surface area contributed by atoms with Gasteiger partial charge in [-0.3, -0.25) is 9.69 Å². The number of carbonyl (C=O) groups is 2. The summed E-state index contributed by atoms with van der Waals surface area (Å²) in [5, 5.41) is 0. The first-order valence-electron chi connectivity index (χ1n) is 13.7. The van der Waals surface area contributed by atoms with E-state index < -0.39 is 17.7 Å². The van der Waals surface area contributed by atoms with Crippen molar-refractivity contribution < 1.29 is 19.1 Å². The summed E-state index contributed by atoms with van der Waals surface area (Å²) in [5.74, 6) is -1.06. The molecule has 8 nitrogen and oxygen atoms in total. The summed E-state index contributed by atoms with van der Waals surface area (Å²) in [6.07, 6.45) is 13.4. The van der Waals surface area contributed by atoms with Crippen molar-refractivity contribution in [3.63, 3.8) is 0 Å². The van der Waals surface area contributed by atoms with Crippen molar-refractivity contribution in [2.45, 2.75) is 108 Å². The van der Waals surface area contributed by atoms with Crippen molar-refractivity contribution in [3.8, 4) is 0 Å². The van der Waals surface area contributed by atoms with Gasteiger partial charge in [-0.2, -0.15) is 0 Å². The second-order valence-electron chi connectivity index (χ2n) is 10.5. The van der Waals surface area contributed by atoms with Gasteiger partial charge in [-0.05, 0) is 57.6 Å². The number of para-hydroxylation sites is 2. The first-order valence-corrected chi connectivity index (χ1v) is 13.7. The van der Waals surface area contributed by atoms with Crippen molar-refractivity contribution in [2.75, 3.05) is 6.61 Å². The molecule has 0 spiro atoms. The molecule has 2 saturated heterocycles. The molecule has 2 bridgehead atoms. The molecule has 36 heavy (non-hydrogen) atoms. The van der Waals surface area contributed by atoms with E-state index in [0.717, 1.165) is 31.2 Å². The standard InChI is InChI=1S/C28H37N3O5/c1-2-35-28(34)36-27(33)25-26(32)31(24-16-9-8-15-23(24)29-25)22-17-20-13-10-14-21(18-22)30(20)19-11-6-4-3-5-7-12-19/h8-9,15-16,19-22H,2-7,10-14,17-18H2,1H3/t20-,21+,22+. The topological polar surface area (TPSA) is 90.7 Å². The van der Waals surface area contributed by atoms with E-state index in [9.17, 15) is 14.4 Å². The van der Waals surface area contributed by atoms with E-state index in [2.05, 4.69) is 9.88 Å². The maximum atomic E-state index is 13.7. The average molecular weight is 496 g/mol. The normalized spacial score (nSPS) is 25.6. The highest BCUT2D eigenvalue weighted by molar-refractivity contribution is 5.94. The second-order valence-corrected chi connectivity index (χ2v) is 10.5. The number of carbonyl (C=O) groups excluding carboxylic acids is 2. The van der Waals surface area contributed by atoms with Crippen molar-refractivity contribution in [3.05, 3.63) is 40.3 Å². The third-order valence-corrected chi connectivity index (χ3v) is 8.29. The van der Waals surface area contributed by atoms with Gasteiger partial charge < -0.3 is 14.0 Å². The molecule has 0 amide bonds. The van der Waals surface area contributed by atoms with Crippen molar-refractivity contribution in [1.82, 2.24) is 14.5 Å². The fraction of sp³-hybridized carbons (Fsp3) is 0.643. The summed E-state index contributed by atoms with van der Waals surface area (Å²) >= 11 is 0. The van der Waals surface area contributed by atoms with Gasteiger partial charge in [0.2, 0.25) is 5.69 Å². The third-order valence-electron chi connectivity index (χ3n) is 8.29. The van der Waals surface area contributed by atoms with Crippen LogP contribution in [0.25, 0.3) is 11.0 Å². The van der Waals surface area contributed by atoms with Crippen LogP contribution in [0.5, 0.6) is 0 Å². The smallest absolute Gasteiger partial charge is 0.434 e. The van der Waals surface area contributed by atoms with Gasteiger partial charge in [-0.15, -0.1) is 0 Å². The molecular weight excluding hydrogens is 458 g/mol. The van der Waals surface area contributed by atoms with E-state index in [1.165, 1.54) is 51.4 Å². The molecule has 3 heterocycles. The Morgan fingerprint density at radius 2 is 1.53 bits per heavy atom. The molecule has 8 heteroatoms. The monoisotopic (exact) mass is 495 g/mol. The molecule has 1 aliphatic carbocycles. The maximum Gasteiger partial charge on any atom is 0.516 e. The number of hydrogen-bond donors (Lipinski definition) is 0. The molecule has 0 N–H and O–H groups in total. The largest absolute Gasteiger partial charge is 0.516 e. The fourth-order valence-corrected chi connectivity index (χ4v) is 6.85. The van der Waals surface area contributed by atoms with Crippen molar-refractivity contribution >= 4 is 23.2 Å². The maximum absolute atomic E-state index is 13.7. The van der Waals surface area contributed by atoms with Crippen LogP contribution in [0.4, 0.5) is 4.79 Å². The summed E-state index contributed by atoms with van der Waals surface area (Å²) < 4.78 is 11.2. The van der Waals surface area contributed by atoms with Gasteiger partial charge in [0.1, 0.15) is 0 Å². The van der Waals surface area contributed by atoms with E-state index in [-0.39, 0.29) is 18.3 Å². The van der Waals surface area contributed by atoms with E-state index in [4.69, 9.17) is 9.47 Å². The van der Waals surface area contributed by atoms with E-state index >= 15 is 0 Å². The first-order chi connectivity index (χ1) is 17.6. The van der Waals surface area contributed by atoms with Gasteiger partial charge in [0.25, 0.3) is 5.56 Å². The number of fused-ring (bicyclic) bond motifs is 3. The number of ether oxygens (including phenoxy) is 2. The molecule has 1 aromatic carbocycles. The molecule has 1 saturated carbocycles. The molecular formula is C28H37N3O5. The van der Waals surface area contributed by atoms with Crippen LogP contribution in [-0.4, -0.2) is 51.3 Å². The Bertz CT molecular complexity index is 1140. The van der Waals surface area contributed by atoms with Crippen LogP contribution in [0, 0.1) is 0 Å². The van der Waals surface area contributed by atoms with Gasteiger partial charge in [0.05, 0.1) is 17.6 Å². The molecule has 2 aliphatic heterocycles. The van der Waals surface area contributed by atoms with Crippen LogP contribution in [0.3, 0.4) is 0 Å². The van der Waals surface area contributed by atoms with Crippen molar-refractivity contribution in [2.24, 2.45) is 0 Å². The van der Waals surface area contributed by atoms with Gasteiger partial charge in [0.15, 0.2) is 0 Å². The number of rotatable bonds is 4. The minimum absolute atomic E-state index is 0.0281. The van der Waals surface area contributed by atoms with E-state index in [1.807, 2.05) is 18.2 Å². The number of esters is 1.